The molecule has 2 rings (SSSR count). The topological polar surface area (TPSA) is 78.9 Å². The van der Waals surface area contributed by atoms with Crippen LogP contribution in [0.15, 0.2) is 59.5 Å². The van der Waals surface area contributed by atoms with Gasteiger partial charge >= 0.3 is 0 Å². The average Bonchev–Trinajstić information content (AvgIpc) is 2.59. The number of likely N-dealkylation sites (N-methyl/N-ethyl adjacent to an activating group) is 1. The Labute approximate surface area is 149 Å². The van der Waals surface area contributed by atoms with E-state index < -0.39 is 16.1 Å². The summed E-state index contributed by atoms with van der Waals surface area (Å²) in [5, 5.41) is 10.2. The van der Waals surface area contributed by atoms with Crippen LogP contribution < -0.4 is 4.72 Å². The van der Waals surface area contributed by atoms with Gasteiger partial charge in [-0.1, -0.05) is 30.3 Å². The Balaban J connectivity index is 2.01. The van der Waals surface area contributed by atoms with Gasteiger partial charge in [0.2, 0.25) is 0 Å². The van der Waals surface area contributed by atoms with Crippen molar-refractivity contribution in [3.63, 3.8) is 0 Å². The first-order valence-electron chi connectivity index (χ1n) is 7.97. The van der Waals surface area contributed by atoms with Gasteiger partial charge in [-0.05, 0) is 43.9 Å². The molecule has 6 nitrogen and oxygen atoms in total. The summed E-state index contributed by atoms with van der Waals surface area (Å²) in [6, 6.07) is 14.8. The molecule has 2 aromatic rings. The molecule has 0 spiro atoms. The Morgan fingerprint density at radius 2 is 1.84 bits per heavy atom. The van der Waals surface area contributed by atoms with Gasteiger partial charge in [0.15, 0.2) is 0 Å². The molecule has 0 amide bonds. The van der Waals surface area contributed by atoms with Crippen LogP contribution >= 0.6 is 0 Å². The minimum atomic E-state index is -3.65. The maximum atomic E-state index is 12.4. The molecule has 0 aliphatic heterocycles. The predicted octanol–water partition coefficient (Wildman–Crippen LogP) is 2.10. The lowest BCUT2D eigenvalue weighted by atomic mass is 10.1. The number of aliphatic hydroxyl groups is 1. The van der Waals surface area contributed by atoms with E-state index in [1.807, 2.05) is 19.0 Å². The maximum absolute atomic E-state index is 12.4. The molecule has 0 aliphatic carbocycles. The molecule has 2 aromatic carbocycles. The SMILES string of the molecule is CN(C)CCOCC(O)c1cccc(NS(=O)(=O)c2ccccc2)c1. The molecule has 1 atom stereocenters. The molecule has 0 saturated carbocycles. The maximum Gasteiger partial charge on any atom is 0.261 e. The quantitative estimate of drug-likeness (QED) is 0.666. The van der Waals surface area contributed by atoms with E-state index in [1.54, 1.807) is 42.5 Å². The number of rotatable bonds is 9. The number of anilines is 1. The van der Waals surface area contributed by atoms with E-state index in [4.69, 9.17) is 4.74 Å². The molecule has 7 heteroatoms. The van der Waals surface area contributed by atoms with E-state index in [9.17, 15) is 13.5 Å². The zero-order valence-electron chi connectivity index (χ0n) is 14.4. The van der Waals surface area contributed by atoms with E-state index in [-0.39, 0.29) is 11.5 Å². The third-order valence-corrected chi connectivity index (χ3v) is 4.93. The number of hydrogen-bond acceptors (Lipinski definition) is 5. The molecule has 0 fully saturated rings. The molecule has 2 N–H and O–H groups in total. The number of nitrogens with zero attached hydrogens (tertiary/aromatic N) is 1. The molecular formula is C18H24N2O4S. The van der Waals surface area contributed by atoms with E-state index >= 15 is 0 Å². The summed E-state index contributed by atoms with van der Waals surface area (Å²) in [7, 11) is 0.238. The number of aliphatic hydroxyl groups excluding tert-OH is 1. The third kappa shape index (κ3) is 6.13. The second kappa shape index (κ2) is 8.96. The molecule has 0 bridgehead atoms. The Bertz CT molecular complexity index is 764. The van der Waals surface area contributed by atoms with E-state index in [2.05, 4.69) is 4.72 Å². The molecule has 0 heterocycles. The van der Waals surface area contributed by atoms with Crippen LogP contribution in [0.1, 0.15) is 11.7 Å². The zero-order valence-corrected chi connectivity index (χ0v) is 15.2. The van der Waals surface area contributed by atoms with Gasteiger partial charge in [-0.3, -0.25) is 4.72 Å². The van der Waals surface area contributed by atoms with Crippen LogP contribution in [-0.2, 0) is 14.8 Å². The van der Waals surface area contributed by atoms with Crippen LogP contribution in [0.5, 0.6) is 0 Å². The molecule has 0 saturated heterocycles. The number of ether oxygens (including phenoxy) is 1. The lowest BCUT2D eigenvalue weighted by Crippen LogP contribution is -2.19. The van der Waals surface area contributed by atoms with Crippen molar-refractivity contribution in [2.45, 2.75) is 11.0 Å². The fourth-order valence-corrected chi connectivity index (χ4v) is 3.23. The first-order valence-corrected chi connectivity index (χ1v) is 9.45. The van der Waals surface area contributed by atoms with Crippen LogP contribution in [0.4, 0.5) is 5.69 Å². The van der Waals surface area contributed by atoms with Crippen LogP contribution in [0, 0.1) is 0 Å². The van der Waals surface area contributed by atoms with Crippen molar-refractivity contribution in [3.05, 3.63) is 60.2 Å². The summed E-state index contributed by atoms with van der Waals surface area (Å²) in [4.78, 5) is 2.18. The third-order valence-electron chi connectivity index (χ3n) is 3.54. The fraction of sp³-hybridized carbons (Fsp3) is 0.333. The molecule has 0 aliphatic rings. The summed E-state index contributed by atoms with van der Waals surface area (Å²) in [5.41, 5.74) is 0.992. The zero-order chi connectivity index (χ0) is 18.3. The fourth-order valence-electron chi connectivity index (χ4n) is 2.16. The van der Waals surface area contributed by atoms with Gasteiger partial charge in [0.1, 0.15) is 6.10 Å². The molecule has 136 valence electrons. The Kier molecular flexibility index (Phi) is 6.95. The number of benzene rings is 2. The average molecular weight is 364 g/mol. The lowest BCUT2D eigenvalue weighted by Gasteiger charge is -2.15. The van der Waals surface area contributed by atoms with Crippen LogP contribution in [-0.4, -0.2) is 52.3 Å². The highest BCUT2D eigenvalue weighted by Gasteiger charge is 2.15. The van der Waals surface area contributed by atoms with Gasteiger partial charge < -0.3 is 14.7 Å². The predicted molar refractivity (Wildman–Crippen MR) is 98.0 cm³/mol. The standard InChI is InChI=1S/C18H24N2O4S/c1-20(2)11-12-24-14-18(21)15-7-6-8-16(13-15)19-25(22,23)17-9-4-3-5-10-17/h3-10,13,18-19,21H,11-12,14H2,1-2H3. The first-order chi connectivity index (χ1) is 11.9. The summed E-state index contributed by atoms with van der Waals surface area (Å²) in [6.45, 7) is 1.44. The summed E-state index contributed by atoms with van der Waals surface area (Å²) < 4.78 is 32.7. The second-order valence-electron chi connectivity index (χ2n) is 5.94. The molecule has 1 unspecified atom stereocenters. The Morgan fingerprint density at radius 1 is 1.12 bits per heavy atom. The van der Waals surface area contributed by atoms with Gasteiger partial charge in [0.25, 0.3) is 10.0 Å². The van der Waals surface area contributed by atoms with Gasteiger partial charge in [-0.2, -0.15) is 0 Å². The van der Waals surface area contributed by atoms with Crippen LogP contribution in [0.3, 0.4) is 0 Å². The van der Waals surface area contributed by atoms with Crippen LogP contribution in [0.25, 0.3) is 0 Å². The first kappa shape index (κ1) is 19.4. The van der Waals surface area contributed by atoms with Gasteiger partial charge in [-0.25, -0.2) is 8.42 Å². The molecule has 0 radical (unpaired) electrons. The molecule has 0 aromatic heterocycles. The summed E-state index contributed by atoms with van der Waals surface area (Å²) >= 11 is 0. The van der Waals surface area contributed by atoms with Crippen molar-refractivity contribution < 1.29 is 18.3 Å². The minimum absolute atomic E-state index is 0.155. The number of sulfonamides is 1. The highest BCUT2D eigenvalue weighted by atomic mass is 32.2. The van der Waals surface area contributed by atoms with E-state index in [0.717, 1.165) is 6.54 Å². The van der Waals surface area contributed by atoms with Crippen molar-refractivity contribution in [3.8, 4) is 0 Å². The smallest absolute Gasteiger partial charge is 0.261 e. The largest absolute Gasteiger partial charge is 0.386 e. The van der Waals surface area contributed by atoms with Crippen molar-refractivity contribution >= 4 is 15.7 Å². The Hall–Kier alpha value is -1.93. The summed E-state index contributed by atoms with van der Waals surface area (Å²) in [5.74, 6) is 0. The van der Waals surface area contributed by atoms with E-state index in [1.165, 1.54) is 12.1 Å². The van der Waals surface area contributed by atoms with Crippen molar-refractivity contribution in [1.29, 1.82) is 0 Å². The highest BCUT2D eigenvalue weighted by Crippen LogP contribution is 2.21. The van der Waals surface area contributed by atoms with Gasteiger partial charge in [0.05, 0.1) is 18.1 Å². The van der Waals surface area contributed by atoms with Crippen molar-refractivity contribution in [2.75, 3.05) is 38.6 Å². The highest BCUT2D eigenvalue weighted by molar-refractivity contribution is 7.92. The number of hydrogen-bond donors (Lipinski definition) is 2. The van der Waals surface area contributed by atoms with Gasteiger partial charge in [-0.15, -0.1) is 0 Å². The van der Waals surface area contributed by atoms with Crippen molar-refractivity contribution in [1.82, 2.24) is 4.90 Å². The van der Waals surface area contributed by atoms with Crippen LogP contribution in [0.2, 0.25) is 0 Å². The van der Waals surface area contributed by atoms with E-state index in [0.29, 0.717) is 17.9 Å². The second-order valence-corrected chi connectivity index (χ2v) is 7.62. The lowest BCUT2D eigenvalue weighted by molar-refractivity contribution is 0.0307. The van der Waals surface area contributed by atoms with Gasteiger partial charge in [0, 0.05) is 12.2 Å². The summed E-state index contributed by atoms with van der Waals surface area (Å²) in [6.07, 6.45) is -0.816. The minimum Gasteiger partial charge on any atom is -0.386 e. The Morgan fingerprint density at radius 3 is 2.52 bits per heavy atom. The monoisotopic (exact) mass is 364 g/mol. The van der Waals surface area contributed by atoms with Crippen molar-refractivity contribution in [2.24, 2.45) is 0 Å². The molecular weight excluding hydrogens is 340 g/mol. The normalized spacial score (nSPS) is 13.0. The number of nitrogens with one attached hydrogen (secondary N) is 1. The molecule has 25 heavy (non-hydrogen) atoms.